The highest BCUT2D eigenvalue weighted by Crippen LogP contribution is 2.22. The van der Waals surface area contributed by atoms with Crippen molar-refractivity contribution in [3.05, 3.63) is 41.7 Å². The molecular weight excluding hydrogens is 286 g/mol. The Labute approximate surface area is 139 Å². The summed E-state index contributed by atoms with van der Waals surface area (Å²) in [5.41, 5.74) is 3.61. The minimum Gasteiger partial charge on any atom is -0.333 e. The molecule has 1 aromatic heterocycles. The van der Waals surface area contributed by atoms with E-state index in [1.54, 1.807) is 0 Å². The number of hydrogen-bond donors (Lipinski definition) is 0. The third-order valence-corrected chi connectivity index (χ3v) is 5.12. The van der Waals surface area contributed by atoms with E-state index in [0.717, 1.165) is 44.7 Å². The van der Waals surface area contributed by atoms with Gasteiger partial charge in [0.15, 0.2) is 0 Å². The van der Waals surface area contributed by atoms with E-state index in [4.69, 9.17) is 4.98 Å². The molecule has 0 saturated carbocycles. The molecule has 0 spiro atoms. The van der Waals surface area contributed by atoms with Crippen molar-refractivity contribution in [1.29, 1.82) is 0 Å². The van der Waals surface area contributed by atoms with Gasteiger partial charge < -0.3 is 9.80 Å². The second-order valence-corrected chi connectivity index (χ2v) is 6.73. The lowest BCUT2D eigenvalue weighted by molar-refractivity contribution is -0.127. The van der Waals surface area contributed by atoms with Gasteiger partial charge in [0.1, 0.15) is 0 Å². The SMILES string of the molecule is C=CC(=O)N(Cc1ccc2c(n1)CCC2)CC1CCN(CC)C1. The van der Waals surface area contributed by atoms with Crippen LogP contribution in [-0.2, 0) is 24.2 Å². The van der Waals surface area contributed by atoms with Crippen molar-refractivity contribution in [2.45, 2.75) is 39.2 Å². The van der Waals surface area contributed by atoms with Crippen LogP contribution in [0.5, 0.6) is 0 Å². The van der Waals surface area contributed by atoms with E-state index >= 15 is 0 Å². The Kier molecular flexibility index (Phi) is 5.11. The summed E-state index contributed by atoms with van der Waals surface area (Å²) in [4.78, 5) is 21.4. The third-order valence-electron chi connectivity index (χ3n) is 5.12. The Balaban J connectivity index is 1.67. The number of nitrogens with zero attached hydrogens (tertiary/aromatic N) is 3. The molecule has 1 aliphatic heterocycles. The molecule has 1 fully saturated rings. The van der Waals surface area contributed by atoms with Gasteiger partial charge in [0.25, 0.3) is 0 Å². The number of fused-ring (bicyclic) bond motifs is 1. The summed E-state index contributed by atoms with van der Waals surface area (Å²) >= 11 is 0. The number of amides is 1. The molecule has 4 heteroatoms. The number of pyridine rings is 1. The maximum atomic E-state index is 12.3. The maximum absolute atomic E-state index is 12.3. The van der Waals surface area contributed by atoms with Gasteiger partial charge in [-0.15, -0.1) is 0 Å². The first kappa shape index (κ1) is 16.2. The molecule has 1 saturated heterocycles. The standard InChI is InChI=1S/C19H27N3O/c1-3-19(23)22(13-15-10-11-21(4-2)12-15)14-17-9-8-16-6-5-7-18(16)20-17/h3,8-9,15H,1,4-7,10-14H2,2H3. The number of aromatic nitrogens is 1. The highest BCUT2D eigenvalue weighted by molar-refractivity contribution is 5.86. The van der Waals surface area contributed by atoms with Crippen molar-refractivity contribution in [3.8, 4) is 0 Å². The number of carbonyl (C=O) groups is 1. The van der Waals surface area contributed by atoms with Crippen LogP contribution >= 0.6 is 0 Å². The quantitative estimate of drug-likeness (QED) is 0.757. The molecule has 1 unspecified atom stereocenters. The lowest BCUT2D eigenvalue weighted by Gasteiger charge is -2.25. The van der Waals surface area contributed by atoms with Crippen molar-refractivity contribution < 1.29 is 4.79 Å². The van der Waals surface area contributed by atoms with E-state index in [9.17, 15) is 4.79 Å². The van der Waals surface area contributed by atoms with Crippen LogP contribution in [0.2, 0.25) is 0 Å². The molecule has 23 heavy (non-hydrogen) atoms. The van der Waals surface area contributed by atoms with Crippen molar-refractivity contribution in [3.63, 3.8) is 0 Å². The molecule has 1 atom stereocenters. The average Bonchev–Trinajstić information content (AvgIpc) is 3.21. The normalized spacial score (nSPS) is 20.5. The lowest BCUT2D eigenvalue weighted by Crippen LogP contribution is -2.35. The predicted octanol–water partition coefficient (Wildman–Crippen LogP) is 2.43. The summed E-state index contributed by atoms with van der Waals surface area (Å²) in [5, 5.41) is 0. The first-order chi connectivity index (χ1) is 11.2. The molecule has 2 heterocycles. The van der Waals surface area contributed by atoms with Crippen molar-refractivity contribution in [2.75, 3.05) is 26.2 Å². The predicted molar refractivity (Wildman–Crippen MR) is 92.1 cm³/mol. The third kappa shape index (κ3) is 3.81. The van der Waals surface area contributed by atoms with Gasteiger partial charge in [0.05, 0.1) is 12.2 Å². The van der Waals surface area contributed by atoms with E-state index in [1.807, 2.05) is 4.90 Å². The molecular formula is C19H27N3O. The van der Waals surface area contributed by atoms with Gasteiger partial charge in [0.2, 0.25) is 5.91 Å². The fraction of sp³-hybridized carbons (Fsp3) is 0.579. The van der Waals surface area contributed by atoms with Crippen LogP contribution in [0.3, 0.4) is 0 Å². The molecule has 0 radical (unpaired) electrons. The van der Waals surface area contributed by atoms with Crippen LogP contribution in [-0.4, -0.2) is 46.9 Å². The van der Waals surface area contributed by atoms with Crippen molar-refractivity contribution in [2.24, 2.45) is 5.92 Å². The number of rotatable bonds is 6. The van der Waals surface area contributed by atoms with E-state index in [1.165, 1.54) is 30.2 Å². The van der Waals surface area contributed by atoms with Gasteiger partial charge in [-0.25, -0.2) is 0 Å². The Morgan fingerprint density at radius 3 is 3.09 bits per heavy atom. The number of carbonyl (C=O) groups excluding carboxylic acids is 1. The molecule has 1 amide bonds. The monoisotopic (exact) mass is 313 g/mol. The van der Waals surface area contributed by atoms with Crippen LogP contribution in [0, 0.1) is 5.92 Å². The fourth-order valence-electron chi connectivity index (χ4n) is 3.77. The summed E-state index contributed by atoms with van der Waals surface area (Å²) < 4.78 is 0. The first-order valence-electron chi connectivity index (χ1n) is 8.81. The number of likely N-dealkylation sites (tertiary alicyclic amines) is 1. The van der Waals surface area contributed by atoms with E-state index < -0.39 is 0 Å². The minimum atomic E-state index is 0.0160. The number of hydrogen-bond acceptors (Lipinski definition) is 3. The Bertz CT molecular complexity index is 584. The molecule has 1 aliphatic carbocycles. The molecule has 0 bridgehead atoms. The van der Waals surface area contributed by atoms with Crippen molar-refractivity contribution in [1.82, 2.24) is 14.8 Å². The van der Waals surface area contributed by atoms with Gasteiger partial charge in [0, 0.05) is 18.8 Å². The molecule has 3 rings (SSSR count). The fourth-order valence-corrected chi connectivity index (χ4v) is 3.77. The zero-order valence-corrected chi connectivity index (χ0v) is 14.1. The molecule has 1 aromatic rings. The zero-order chi connectivity index (χ0) is 16.2. The van der Waals surface area contributed by atoms with Crippen LogP contribution < -0.4 is 0 Å². The van der Waals surface area contributed by atoms with E-state index in [2.05, 4.69) is 30.5 Å². The van der Waals surface area contributed by atoms with Crippen LogP contribution in [0.4, 0.5) is 0 Å². The smallest absolute Gasteiger partial charge is 0.246 e. The molecule has 0 aromatic carbocycles. The van der Waals surface area contributed by atoms with Crippen molar-refractivity contribution >= 4 is 5.91 Å². The van der Waals surface area contributed by atoms with Gasteiger partial charge in [-0.3, -0.25) is 9.78 Å². The summed E-state index contributed by atoms with van der Waals surface area (Å²) in [5.74, 6) is 0.579. The van der Waals surface area contributed by atoms with Crippen LogP contribution in [0.25, 0.3) is 0 Å². The van der Waals surface area contributed by atoms with Gasteiger partial charge in [-0.05, 0) is 62.4 Å². The summed E-state index contributed by atoms with van der Waals surface area (Å²) in [6.45, 7) is 10.6. The second kappa shape index (κ2) is 7.26. The van der Waals surface area contributed by atoms with E-state index in [0.29, 0.717) is 12.5 Å². The molecule has 124 valence electrons. The van der Waals surface area contributed by atoms with E-state index in [-0.39, 0.29) is 5.91 Å². The van der Waals surface area contributed by atoms with Gasteiger partial charge in [-0.2, -0.15) is 0 Å². The van der Waals surface area contributed by atoms with Crippen LogP contribution in [0.1, 0.15) is 36.7 Å². The summed E-state index contributed by atoms with van der Waals surface area (Å²) in [6, 6.07) is 4.27. The topological polar surface area (TPSA) is 36.4 Å². The number of aryl methyl sites for hydroxylation is 2. The average molecular weight is 313 g/mol. The lowest BCUT2D eigenvalue weighted by atomic mass is 10.1. The second-order valence-electron chi connectivity index (χ2n) is 6.73. The largest absolute Gasteiger partial charge is 0.333 e. The Morgan fingerprint density at radius 1 is 1.48 bits per heavy atom. The molecule has 0 N–H and O–H groups in total. The summed E-state index contributed by atoms with van der Waals surface area (Å²) in [6.07, 6.45) is 6.03. The Hall–Kier alpha value is -1.68. The van der Waals surface area contributed by atoms with Gasteiger partial charge >= 0.3 is 0 Å². The van der Waals surface area contributed by atoms with Gasteiger partial charge in [-0.1, -0.05) is 19.6 Å². The maximum Gasteiger partial charge on any atom is 0.246 e. The highest BCUT2D eigenvalue weighted by Gasteiger charge is 2.25. The van der Waals surface area contributed by atoms with Crippen LogP contribution in [0.15, 0.2) is 24.8 Å². The molecule has 2 aliphatic rings. The first-order valence-corrected chi connectivity index (χ1v) is 8.81. The highest BCUT2D eigenvalue weighted by atomic mass is 16.2. The minimum absolute atomic E-state index is 0.0160. The summed E-state index contributed by atoms with van der Waals surface area (Å²) in [7, 11) is 0. The molecule has 4 nitrogen and oxygen atoms in total. The Morgan fingerprint density at radius 2 is 2.35 bits per heavy atom. The zero-order valence-electron chi connectivity index (χ0n) is 14.1.